The van der Waals surface area contributed by atoms with Crippen LogP contribution in [0.1, 0.15) is 30.0 Å². The second kappa shape index (κ2) is 5.30. The Hall–Kier alpha value is -2.04. The van der Waals surface area contributed by atoms with Gasteiger partial charge in [0.2, 0.25) is 0 Å². The van der Waals surface area contributed by atoms with E-state index < -0.39 is 0 Å². The van der Waals surface area contributed by atoms with Crippen LogP contribution in [0.3, 0.4) is 0 Å². The Morgan fingerprint density at radius 3 is 2.58 bits per heavy atom. The summed E-state index contributed by atoms with van der Waals surface area (Å²) in [6, 6.07) is 1.97. The summed E-state index contributed by atoms with van der Waals surface area (Å²) in [5.41, 5.74) is 2.40. The number of hydrogen-bond acceptors (Lipinski definition) is 5. The second-order valence-electron chi connectivity index (χ2n) is 4.92. The minimum absolute atomic E-state index is 0.543. The summed E-state index contributed by atoms with van der Waals surface area (Å²) in [6.45, 7) is 4.13. The third kappa shape index (κ3) is 2.54. The molecule has 2 aromatic heterocycles. The first-order valence-corrected chi connectivity index (χ1v) is 6.62. The summed E-state index contributed by atoms with van der Waals surface area (Å²) in [5, 5.41) is 0. The van der Waals surface area contributed by atoms with Crippen LogP contribution in [0.25, 0.3) is 0 Å². The van der Waals surface area contributed by atoms with Gasteiger partial charge in [0.05, 0.1) is 0 Å². The van der Waals surface area contributed by atoms with Crippen molar-refractivity contribution in [3.8, 4) is 0 Å². The molecular weight excluding hydrogens is 238 g/mol. The van der Waals surface area contributed by atoms with Gasteiger partial charge in [0.25, 0.3) is 0 Å². The number of rotatable bonds is 2. The lowest BCUT2D eigenvalue weighted by Crippen LogP contribution is -2.33. The van der Waals surface area contributed by atoms with Crippen molar-refractivity contribution in [2.75, 3.05) is 18.0 Å². The summed E-state index contributed by atoms with van der Waals surface area (Å²) in [5.74, 6) is 1.56. The number of nitrogens with zero attached hydrogens (tertiary/aromatic N) is 5. The highest BCUT2D eigenvalue weighted by molar-refractivity contribution is 5.37. The predicted molar refractivity (Wildman–Crippen MR) is 73.0 cm³/mol. The quantitative estimate of drug-likeness (QED) is 0.821. The number of aromatic nitrogens is 4. The molecule has 98 valence electrons. The first kappa shape index (κ1) is 12.0. The molecule has 0 saturated carbocycles. The van der Waals surface area contributed by atoms with Gasteiger partial charge in [-0.1, -0.05) is 0 Å². The zero-order valence-electron chi connectivity index (χ0n) is 11.0. The number of hydrogen-bond donors (Lipinski definition) is 0. The van der Waals surface area contributed by atoms with Crippen LogP contribution in [0.5, 0.6) is 0 Å². The van der Waals surface area contributed by atoms with Gasteiger partial charge in [-0.15, -0.1) is 0 Å². The van der Waals surface area contributed by atoms with Crippen molar-refractivity contribution in [1.82, 2.24) is 19.9 Å². The Kier molecular flexibility index (Phi) is 3.35. The molecule has 3 heterocycles. The first-order chi connectivity index (χ1) is 9.34. The van der Waals surface area contributed by atoms with Crippen LogP contribution in [0, 0.1) is 6.92 Å². The van der Waals surface area contributed by atoms with Crippen LogP contribution < -0.4 is 4.90 Å². The molecule has 0 unspecified atom stereocenters. The smallest absolute Gasteiger partial charge is 0.131 e. The molecule has 0 N–H and O–H groups in total. The zero-order valence-corrected chi connectivity index (χ0v) is 11.0. The lowest BCUT2D eigenvalue weighted by molar-refractivity contribution is 0.491. The second-order valence-corrected chi connectivity index (χ2v) is 4.92. The van der Waals surface area contributed by atoms with Crippen molar-refractivity contribution < 1.29 is 0 Å². The zero-order chi connectivity index (χ0) is 13.1. The van der Waals surface area contributed by atoms with Crippen LogP contribution >= 0.6 is 0 Å². The van der Waals surface area contributed by atoms with Gasteiger partial charge in [0.15, 0.2) is 0 Å². The fraction of sp³-hybridized carbons (Fsp3) is 0.429. The molecule has 3 rings (SSSR count). The van der Waals surface area contributed by atoms with Crippen LogP contribution in [-0.2, 0) is 0 Å². The maximum atomic E-state index is 4.44. The maximum Gasteiger partial charge on any atom is 0.131 e. The minimum atomic E-state index is 0.543. The molecule has 5 nitrogen and oxygen atoms in total. The lowest BCUT2D eigenvalue weighted by Gasteiger charge is -2.32. The van der Waals surface area contributed by atoms with E-state index in [1.807, 2.05) is 12.3 Å². The monoisotopic (exact) mass is 255 g/mol. The highest BCUT2D eigenvalue weighted by Gasteiger charge is 2.23. The summed E-state index contributed by atoms with van der Waals surface area (Å²) >= 11 is 0. The molecule has 2 aromatic rings. The molecule has 1 aliphatic heterocycles. The SMILES string of the molecule is Cc1cncnc1C1CCN(c2ccncn2)CC1. The molecule has 0 aliphatic carbocycles. The highest BCUT2D eigenvalue weighted by Crippen LogP contribution is 2.29. The van der Waals surface area contributed by atoms with Gasteiger partial charge in [-0.25, -0.2) is 19.9 Å². The van der Waals surface area contributed by atoms with Crippen molar-refractivity contribution >= 4 is 5.82 Å². The standard InChI is InChI=1S/C14H17N5/c1-11-8-16-10-18-14(11)12-3-6-19(7-4-12)13-2-5-15-9-17-13/h2,5,8-10,12H,3-4,6-7H2,1H3. The van der Waals surface area contributed by atoms with E-state index >= 15 is 0 Å². The fourth-order valence-corrected chi connectivity index (χ4v) is 2.69. The largest absolute Gasteiger partial charge is 0.356 e. The molecule has 0 amide bonds. The van der Waals surface area contributed by atoms with Crippen molar-refractivity contribution in [1.29, 1.82) is 0 Å². The van der Waals surface area contributed by atoms with Gasteiger partial charge in [-0.3, -0.25) is 0 Å². The Morgan fingerprint density at radius 1 is 1.11 bits per heavy atom. The number of piperidine rings is 1. The molecule has 0 spiro atoms. The molecule has 1 aliphatic rings. The van der Waals surface area contributed by atoms with Crippen LogP contribution in [0.2, 0.25) is 0 Å². The topological polar surface area (TPSA) is 54.8 Å². The predicted octanol–water partition coefficient (Wildman–Crippen LogP) is 1.96. The summed E-state index contributed by atoms with van der Waals surface area (Å²) < 4.78 is 0. The molecule has 1 saturated heterocycles. The van der Waals surface area contributed by atoms with E-state index in [1.54, 1.807) is 18.9 Å². The van der Waals surface area contributed by atoms with Gasteiger partial charge in [-0.05, 0) is 31.4 Å². The van der Waals surface area contributed by atoms with E-state index in [0.29, 0.717) is 5.92 Å². The maximum absolute atomic E-state index is 4.44. The lowest BCUT2D eigenvalue weighted by atomic mass is 9.91. The molecule has 0 atom stereocenters. The third-order valence-electron chi connectivity index (χ3n) is 3.71. The summed E-state index contributed by atoms with van der Waals surface area (Å²) in [7, 11) is 0. The van der Waals surface area contributed by atoms with Crippen molar-refractivity contribution in [2.24, 2.45) is 0 Å². The highest BCUT2D eigenvalue weighted by atomic mass is 15.2. The van der Waals surface area contributed by atoms with Crippen LogP contribution in [0.15, 0.2) is 31.1 Å². The first-order valence-electron chi connectivity index (χ1n) is 6.62. The molecule has 0 bridgehead atoms. The molecule has 1 fully saturated rings. The van der Waals surface area contributed by atoms with Gasteiger partial charge in [-0.2, -0.15) is 0 Å². The average molecular weight is 255 g/mol. The van der Waals surface area contributed by atoms with Crippen LogP contribution in [-0.4, -0.2) is 33.0 Å². The molecular formula is C14H17N5. The van der Waals surface area contributed by atoms with E-state index in [9.17, 15) is 0 Å². The minimum Gasteiger partial charge on any atom is -0.356 e. The Morgan fingerprint density at radius 2 is 1.89 bits per heavy atom. The molecule has 19 heavy (non-hydrogen) atoms. The Labute approximate surface area is 112 Å². The molecule has 0 radical (unpaired) electrons. The third-order valence-corrected chi connectivity index (χ3v) is 3.71. The van der Waals surface area contributed by atoms with E-state index in [4.69, 9.17) is 0 Å². The van der Waals surface area contributed by atoms with Gasteiger partial charge in [0.1, 0.15) is 18.5 Å². The van der Waals surface area contributed by atoms with Gasteiger partial charge < -0.3 is 4.90 Å². The van der Waals surface area contributed by atoms with Gasteiger partial charge in [0, 0.05) is 37.1 Å². The van der Waals surface area contributed by atoms with Crippen molar-refractivity contribution in [3.63, 3.8) is 0 Å². The average Bonchev–Trinajstić information content (AvgIpc) is 2.49. The van der Waals surface area contributed by atoms with Crippen LogP contribution in [0.4, 0.5) is 5.82 Å². The van der Waals surface area contributed by atoms with E-state index in [0.717, 1.165) is 31.7 Å². The number of anilines is 1. The van der Waals surface area contributed by atoms with E-state index in [-0.39, 0.29) is 0 Å². The normalized spacial score (nSPS) is 16.6. The van der Waals surface area contributed by atoms with Crippen molar-refractivity contribution in [2.45, 2.75) is 25.7 Å². The van der Waals surface area contributed by atoms with E-state index in [2.05, 4.69) is 31.8 Å². The number of aryl methyl sites for hydroxylation is 1. The fourth-order valence-electron chi connectivity index (χ4n) is 2.69. The Bertz CT molecular complexity index is 535. The summed E-state index contributed by atoms with van der Waals surface area (Å²) in [6.07, 6.45) is 9.18. The molecule has 5 heteroatoms. The molecule has 0 aromatic carbocycles. The Balaban J connectivity index is 1.69. The van der Waals surface area contributed by atoms with Crippen molar-refractivity contribution in [3.05, 3.63) is 42.4 Å². The van der Waals surface area contributed by atoms with Gasteiger partial charge >= 0.3 is 0 Å². The van der Waals surface area contributed by atoms with E-state index in [1.165, 1.54) is 11.3 Å². The summed E-state index contributed by atoms with van der Waals surface area (Å²) in [4.78, 5) is 19.1.